The van der Waals surface area contributed by atoms with Crippen molar-refractivity contribution in [1.82, 2.24) is 30.3 Å². The number of aromatic nitrogens is 3. The lowest BCUT2D eigenvalue weighted by atomic mass is 9.97. The normalized spacial score (nSPS) is 18.4. The lowest BCUT2D eigenvalue weighted by molar-refractivity contribution is 0.0994. The number of nitrogens with one attached hydrogen (secondary N) is 2. The summed E-state index contributed by atoms with van der Waals surface area (Å²) in [6.45, 7) is 16.8. The van der Waals surface area contributed by atoms with Crippen molar-refractivity contribution in [1.29, 1.82) is 0 Å². The maximum atomic E-state index is 4.61. The third-order valence-corrected chi connectivity index (χ3v) is 7.15. The number of hydrogen-bond acceptors (Lipinski definition) is 5. The van der Waals surface area contributed by atoms with E-state index in [9.17, 15) is 0 Å². The van der Waals surface area contributed by atoms with Crippen LogP contribution in [0.4, 0.5) is 0 Å². The second-order valence-electron chi connectivity index (χ2n) is 10.6. The van der Waals surface area contributed by atoms with Crippen LogP contribution >= 0.6 is 0 Å². The Morgan fingerprint density at radius 2 is 1.88 bits per heavy atom. The van der Waals surface area contributed by atoms with Gasteiger partial charge >= 0.3 is 0 Å². The number of piperidine rings is 1. The molecule has 0 unspecified atom stereocenters. The van der Waals surface area contributed by atoms with Crippen LogP contribution in [0.15, 0.2) is 43.2 Å². The summed E-state index contributed by atoms with van der Waals surface area (Å²) in [6.07, 6.45) is 7.50. The molecule has 0 spiro atoms. The molecular formula is C27H36N6. The van der Waals surface area contributed by atoms with Gasteiger partial charge in [0.15, 0.2) is 0 Å². The minimum atomic E-state index is 0.234. The van der Waals surface area contributed by atoms with E-state index >= 15 is 0 Å². The molecule has 2 aliphatic heterocycles. The van der Waals surface area contributed by atoms with E-state index in [0.29, 0.717) is 6.04 Å². The molecule has 2 aliphatic rings. The quantitative estimate of drug-likeness (QED) is 0.579. The fourth-order valence-corrected chi connectivity index (χ4v) is 4.96. The summed E-state index contributed by atoms with van der Waals surface area (Å²) in [5.74, 6) is 0. The Balaban J connectivity index is 1.31. The summed E-state index contributed by atoms with van der Waals surface area (Å²) in [5.41, 5.74) is 6.66. The Labute approximate surface area is 197 Å². The van der Waals surface area contributed by atoms with Crippen molar-refractivity contribution in [3.8, 4) is 11.1 Å². The number of likely N-dealkylation sites (tertiary alicyclic amines) is 2. The van der Waals surface area contributed by atoms with Crippen molar-refractivity contribution in [2.24, 2.45) is 0 Å². The number of pyridine rings is 1. The molecule has 0 amide bonds. The molecular weight excluding hydrogens is 408 g/mol. The Morgan fingerprint density at radius 3 is 2.58 bits per heavy atom. The molecule has 0 radical (unpaired) electrons. The van der Waals surface area contributed by atoms with E-state index in [1.54, 1.807) is 0 Å². The van der Waals surface area contributed by atoms with E-state index < -0.39 is 0 Å². The van der Waals surface area contributed by atoms with Crippen molar-refractivity contribution in [3.05, 3.63) is 54.5 Å². The molecule has 33 heavy (non-hydrogen) atoms. The van der Waals surface area contributed by atoms with Crippen LogP contribution in [-0.2, 0) is 6.54 Å². The number of H-pyrrole nitrogens is 1. The molecule has 2 aromatic heterocycles. The molecule has 174 valence electrons. The molecule has 0 aliphatic carbocycles. The van der Waals surface area contributed by atoms with Gasteiger partial charge in [0, 0.05) is 54.6 Å². The average Bonchev–Trinajstić information content (AvgIpc) is 3.20. The number of fused-ring (bicyclic) bond motifs is 1. The van der Waals surface area contributed by atoms with Gasteiger partial charge in [0.05, 0.1) is 11.2 Å². The minimum Gasteiger partial charge on any atom is -0.381 e. The van der Waals surface area contributed by atoms with Gasteiger partial charge in [-0.25, -0.2) is 0 Å². The highest BCUT2D eigenvalue weighted by molar-refractivity contribution is 5.92. The highest BCUT2D eigenvalue weighted by Crippen LogP contribution is 2.29. The summed E-state index contributed by atoms with van der Waals surface area (Å²) in [6, 6.07) is 9.18. The van der Waals surface area contributed by atoms with E-state index in [-0.39, 0.29) is 5.54 Å². The Hall–Kier alpha value is -2.70. The van der Waals surface area contributed by atoms with E-state index in [2.05, 4.69) is 81.9 Å². The zero-order chi connectivity index (χ0) is 23.0. The number of nitrogens with zero attached hydrogens (tertiary/aromatic N) is 4. The van der Waals surface area contributed by atoms with Gasteiger partial charge in [-0.15, -0.1) is 0 Å². The third-order valence-electron chi connectivity index (χ3n) is 7.15. The van der Waals surface area contributed by atoms with Crippen LogP contribution in [0.5, 0.6) is 0 Å². The van der Waals surface area contributed by atoms with Crippen LogP contribution in [0.25, 0.3) is 27.7 Å². The first-order valence-corrected chi connectivity index (χ1v) is 12.2. The lowest BCUT2D eigenvalue weighted by Crippen LogP contribution is -2.49. The summed E-state index contributed by atoms with van der Waals surface area (Å²) >= 11 is 0. The Bertz CT molecular complexity index is 1130. The Morgan fingerprint density at radius 1 is 1.09 bits per heavy atom. The molecule has 2 saturated heterocycles. The standard InChI is InChI=1S/C27H36N6/c1-19(29-23-8-12-33(13-9-23)27(2,3)4)26-24-15-21(6-7-25(24)30-31-26)22-14-20(16-28-17-22)18-32-10-5-11-32/h6-7,14-17,23,29H,1,5,8-13,18H2,2-4H3,(H,30,31). The van der Waals surface area contributed by atoms with Gasteiger partial charge in [-0.3, -0.25) is 19.9 Å². The molecule has 6 nitrogen and oxygen atoms in total. The molecule has 0 atom stereocenters. The van der Waals surface area contributed by atoms with Crippen LogP contribution in [0.1, 0.15) is 51.3 Å². The number of rotatable bonds is 6. The van der Waals surface area contributed by atoms with Crippen molar-refractivity contribution in [3.63, 3.8) is 0 Å². The van der Waals surface area contributed by atoms with Crippen molar-refractivity contribution in [2.75, 3.05) is 26.2 Å². The molecule has 0 bridgehead atoms. The topological polar surface area (TPSA) is 60.1 Å². The maximum Gasteiger partial charge on any atom is 0.115 e. The molecule has 1 aromatic carbocycles. The van der Waals surface area contributed by atoms with Crippen LogP contribution in [0, 0.1) is 0 Å². The largest absolute Gasteiger partial charge is 0.381 e. The number of hydrogen-bond donors (Lipinski definition) is 2. The molecule has 2 fully saturated rings. The SMILES string of the molecule is C=C(NC1CCN(C(C)(C)C)CC1)c1n[nH]c2ccc(-c3cncc(CN4CCC4)c3)cc12. The van der Waals surface area contributed by atoms with Gasteiger partial charge in [0.2, 0.25) is 0 Å². The summed E-state index contributed by atoms with van der Waals surface area (Å²) in [4.78, 5) is 9.54. The van der Waals surface area contributed by atoms with Crippen LogP contribution < -0.4 is 5.32 Å². The molecule has 0 saturated carbocycles. The molecule has 4 heterocycles. The van der Waals surface area contributed by atoms with Gasteiger partial charge in [0.1, 0.15) is 5.69 Å². The predicted octanol–water partition coefficient (Wildman–Crippen LogP) is 4.65. The van der Waals surface area contributed by atoms with E-state index in [4.69, 9.17) is 0 Å². The summed E-state index contributed by atoms with van der Waals surface area (Å²) < 4.78 is 0. The lowest BCUT2D eigenvalue weighted by Gasteiger charge is -2.41. The third kappa shape index (κ3) is 4.82. The highest BCUT2D eigenvalue weighted by Gasteiger charge is 2.27. The average molecular weight is 445 g/mol. The first-order chi connectivity index (χ1) is 15.9. The smallest absolute Gasteiger partial charge is 0.115 e. The van der Waals surface area contributed by atoms with Gasteiger partial charge < -0.3 is 5.32 Å². The predicted molar refractivity (Wildman–Crippen MR) is 136 cm³/mol. The van der Waals surface area contributed by atoms with Crippen LogP contribution in [0.3, 0.4) is 0 Å². The molecule has 2 N–H and O–H groups in total. The zero-order valence-corrected chi connectivity index (χ0v) is 20.2. The van der Waals surface area contributed by atoms with E-state index in [0.717, 1.165) is 65.9 Å². The number of benzene rings is 1. The fourth-order valence-electron chi connectivity index (χ4n) is 4.96. The number of aromatic amines is 1. The minimum absolute atomic E-state index is 0.234. The molecule has 6 heteroatoms. The summed E-state index contributed by atoms with van der Waals surface area (Å²) in [5, 5.41) is 12.6. The van der Waals surface area contributed by atoms with Crippen LogP contribution in [0.2, 0.25) is 0 Å². The summed E-state index contributed by atoms with van der Waals surface area (Å²) in [7, 11) is 0. The zero-order valence-electron chi connectivity index (χ0n) is 20.2. The first kappa shape index (κ1) is 22.1. The van der Waals surface area contributed by atoms with Gasteiger partial charge in [-0.1, -0.05) is 12.6 Å². The van der Waals surface area contributed by atoms with Gasteiger partial charge in [-0.05, 0) is 82.4 Å². The maximum absolute atomic E-state index is 4.61. The molecule has 5 rings (SSSR count). The van der Waals surface area contributed by atoms with E-state index in [1.807, 2.05) is 12.4 Å². The second kappa shape index (κ2) is 8.92. The first-order valence-electron chi connectivity index (χ1n) is 12.2. The Kier molecular flexibility index (Phi) is 5.97. The van der Waals surface area contributed by atoms with Gasteiger partial charge in [0.25, 0.3) is 0 Å². The van der Waals surface area contributed by atoms with Crippen molar-refractivity contribution in [2.45, 2.75) is 58.2 Å². The monoisotopic (exact) mass is 444 g/mol. The molecule has 3 aromatic rings. The van der Waals surface area contributed by atoms with Crippen LogP contribution in [-0.4, -0.2) is 62.7 Å². The highest BCUT2D eigenvalue weighted by atomic mass is 15.2. The van der Waals surface area contributed by atoms with Gasteiger partial charge in [-0.2, -0.15) is 5.10 Å². The van der Waals surface area contributed by atoms with E-state index in [1.165, 1.54) is 25.1 Å². The second-order valence-corrected chi connectivity index (χ2v) is 10.6. The van der Waals surface area contributed by atoms with Crippen molar-refractivity contribution >= 4 is 16.6 Å². The van der Waals surface area contributed by atoms with Crippen molar-refractivity contribution < 1.29 is 0 Å². The fraction of sp³-hybridized carbons (Fsp3) is 0.481.